The van der Waals surface area contributed by atoms with Gasteiger partial charge in [0.1, 0.15) is 17.7 Å². The van der Waals surface area contributed by atoms with Crippen molar-refractivity contribution < 1.29 is 13.6 Å². The average molecular weight is 274 g/mol. The molecule has 20 heavy (non-hydrogen) atoms. The molecule has 0 fully saturated rings. The van der Waals surface area contributed by atoms with E-state index in [4.69, 9.17) is 0 Å². The molecule has 1 atom stereocenters. The molecule has 1 aliphatic heterocycles. The summed E-state index contributed by atoms with van der Waals surface area (Å²) in [6.45, 7) is 1.91. The van der Waals surface area contributed by atoms with E-state index < -0.39 is 17.7 Å². The van der Waals surface area contributed by atoms with Gasteiger partial charge in [0.05, 0.1) is 5.69 Å². The summed E-state index contributed by atoms with van der Waals surface area (Å²) in [6, 6.07) is 7.91. The second-order valence-electron chi connectivity index (χ2n) is 4.78. The van der Waals surface area contributed by atoms with Crippen LogP contribution in [0.3, 0.4) is 0 Å². The Bertz CT molecular complexity index is 700. The smallest absolute Gasteiger partial charge is 0.251 e. The maximum absolute atomic E-state index is 13.6. The standard InChI is InChI=1S/C15H12F2N2O/c1-8-2-5-12-10(6-8)14(15(20)19-12)18-13-7-9(16)3-4-11(13)17/h2-7,14,18H,1H3,(H,19,20). The zero-order valence-electron chi connectivity index (χ0n) is 10.7. The maximum atomic E-state index is 13.6. The molecular weight excluding hydrogens is 262 g/mol. The minimum atomic E-state index is -0.721. The van der Waals surface area contributed by atoms with Crippen molar-refractivity contribution in [3.63, 3.8) is 0 Å². The van der Waals surface area contributed by atoms with Gasteiger partial charge in [0.15, 0.2) is 0 Å². The largest absolute Gasteiger partial charge is 0.368 e. The molecule has 0 spiro atoms. The Hall–Kier alpha value is -2.43. The van der Waals surface area contributed by atoms with Gasteiger partial charge in [-0.2, -0.15) is 0 Å². The van der Waals surface area contributed by atoms with Crippen LogP contribution in [0.25, 0.3) is 0 Å². The fraction of sp³-hybridized carbons (Fsp3) is 0.133. The molecule has 3 rings (SSSR count). The molecule has 0 aromatic heterocycles. The molecule has 1 heterocycles. The fourth-order valence-electron chi connectivity index (χ4n) is 2.29. The number of fused-ring (bicyclic) bond motifs is 1. The van der Waals surface area contributed by atoms with E-state index >= 15 is 0 Å². The highest BCUT2D eigenvalue weighted by Gasteiger charge is 2.31. The van der Waals surface area contributed by atoms with E-state index in [0.717, 1.165) is 29.3 Å². The Balaban J connectivity index is 1.97. The Kier molecular flexibility index (Phi) is 2.89. The first kappa shape index (κ1) is 12.6. The van der Waals surface area contributed by atoms with Gasteiger partial charge in [-0.05, 0) is 31.2 Å². The first-order chi connectivity index (χ1) is 9.54. The summed E-state index contributed by atoms with van der Waals surface area (Å²) in [5.41, 5.74) is 2.39. The summed E-state index contributed by atoms with van der Waals surface area (Å²) in [6.07, 6.45) is 0. The van der Waals surface area contributed by atoms with Crippen LogP contribution in [-0.2, 0) is 4.79 Å². The molecule has 0 aliphatic carbocycles. The third-order valence-corrected chi connectivity index (χ3v) is 3.27. The van der Waals surface area contributed by atoms with Crippen LogP contribution >= 0.6 is 0 Å². The van der Waals surface area contributed by atoms with Crippen LogP contribution in [0.5, 0.6) is 0 Å². The molecule has 5 heteroatoms. The topological polar surface area (TPSA) is 41.1 Å². The fourth-order valence-corrected chi connectivity index (χ4v) is 2.29. The summed E-state index contributed by atoms with van der Waals surface area (Å²) in [4.78, 5) is 12.0. The number of nitrogens with one attached hydrogen (secondary N) is 2. The minimum absolute atomic E-state index is 0.0282. The lowest BCUT2D eigenvalue weighted by molar-refractivity contribution is -0.116. The van der Waals surface area contributed by atoms with Gasteiger partial charge < -0.3 is 10.6 Å². The molecule has 1 amide bonds. The van der Waals surface area contributed by atoms with E-state index in [1.165, 1.54) is 0 Å². The number of benzene rings is 2. The minimum Gasteiger partial charge on any atom is -0.368 e. The van der Waals surface area contributed by atoms with Crippen molar-refractivity contribution in [2.45, 2.75) is 13.0 Å². The Morgan fingerprint density at radius 3 is 2.75 bits per heavy atom. The van der Waals surface area contributed by atoms with Crippen LogP contribution < -0.4 is 10.6 Å². The third-order valence-electron chi connectivity index (χ3n) is 3.27. The predicted molar refractivity (Wildman–Crippen MR) is 72.5 cm³/mol. The molecular formula is C15H12F2N2O. The van der Waals surface area contributed by atoms with Crippen LogP contribution in [0.4, 0.5) is 20.2 Å². The highest BCUT2D eigenvalue weighted by Crippen LogP contribution is 2.34. The summed E-state index contributed by atoms with van der Waals surface area (Å²) < 4.78 is 26.8. The van der Waals surface area contributed by atoms with Crippen LogP contribution in [-0.4, -0.2) is 5.91 Å². The van der Waals surface area contributed by atoms with Gasteiger partial charge in [0.2, 0.25) is 0 Å². The lowest BCUT2D eigenvalue weighted by atomic mass is 10.1. The Labute approximate surface area is 114 Å². The van der Waals surface area contributed by atoms with Crippen LogP contribution in [0.15, 0.2) is 36.4 Å². The summed E-state index contributed by atoms with van der Waals surface area (Å²) in [5.74, 6) is -1.44. The number of halogens is 2. The maximum Gasteiger partial charge on any atom is 0.251 e. The molecule has 0 saturated carbocycles. The summed E-state index contributed by atoms with van der Waals surface area (Å²) in [5, 5.41) is 5.47. The van der Waals surface area contributed by atoms with Gasteiger partial charge in [-0.15, -0.1) is 0 Å². The molecule has 0 radical (unpaired) electrons. The Morgan fingerprint density at radius 1 is 1.15 bits per heavy atom. The predicted octanol–water partition coefficient (Wildman–Crippen LogP) is 3.38. The monoisotopic (exact) mass is 274 g/mol. The average Bonchev–Trinajstić information content (AvgIpc) is 2.70. The number of carbonyl (C=O) groups excluding carboxylic acids is 1. The molecule has 2 N–H and O–H groups in total. The zero-order valence-corrected chi connectivity index (χ0v) is 10.7. The number of aryl methyl sites for hydroxylation is 1. The Morgan fingerprint density at radius 2 is 1.95 bits per heavy atom. The van der Waals surface area contributed by atoms with Crippen molar-refractivity contribution in [3.8, 4) is 0 Å². The van der Waals surface area contributed by atoms with Crippen molar-refractivity contribution in [2.75, 3.05) is 10.6 Å². The second-order valence-corrected chi connectivity index (χ2v) is 4.78. The van der Waals surface area contributed by atoms with Crippen LogP contribution in [0.1, 0.15) is 17.2 Å². The van der Waals surface area contributed by atoms with E-state index in [2.05, 4.69) is 10.6 Å². The second kappa shape index (κ2) is 4.59. The quantitative estimate of drug-likeness (QED) is 0.881. The van der Waals surface area contributed by atoms with Crippen molar-refractivity contribution in [1.82, 2.24) is 0 Å². The van der Waals surface area contributed by atoms with Crippen molar-refractivity contribution >= 4 is 17.3 Å². The van der Waals surface area contributed by atoms with E-state index in [1.807, 2.05) is 19.1 Å². The first-order valence-electron chi connectivity index (χ1n) is 6.17. The third kappa shape index (κ3) is 2.11. The lowest BCUT2D eigenvalue weighted by Gasteiger charge is -2.14. The molecule has 0 saturated heterocycles. The highest BCUT2D eigenvalue weighted by atomic mass is 19.1. The van der Waals surface area contributed by atoms with Gasteiger partial charge >= 0.3 is 0 Å². The molecule has 1 unspecified atom stereocenters. The van der Waals surface area contributed by atoms with E-state index in [1.54, 1.807) is 6.07 Å². The summed E-state index contributed by atoms with van der Waals surface area (Å²) >= 11 is 0. The number of carbonyl (C=O) groups is 1. The first-order valence-corrected chi connectivity index (χ1v) is 6.17. The zero-order chi connectivity index (χ0) is 14.3. The number of amides is 1. The molecule has 0 bridgehead atoms. The normalized spacial score (nSPS) is 16.8. The lowest BCUT2D eigenvalue weighted by Crippen LogP contribution is -2.20. The van der Waals surface area contributed by atoms with Crippen molar-refractivity contribution in [2.24, 2.45) is 0 Å². The van der Waals surface area contributed by atoms with E-state index in [-0.39, 0.29) is 11.6 Å². The van der Waals surface area contributed by atoms with Gasteiger partial charge in [0, 0.05) is 11.3 Å². The van der Waals surface area contributed by atoms with Crippen LogP contribution in [0, 0.1) is 18.6 Å². The van der Waals surface area contributed by atoms with Gasteiger partial charge in [-0.1, -0.05) is 17.7 Å². The van der Waals surface area contributed by atoms with Gasteiger partial charge in [-0.25, -0.2) is 8.78 Å². The van der Waals surface area contributed by atoms with Gasteiger partial charge in [0.25, 0.3) is 5.91 Å². The van der Waals surface area contributed by atoms with Gasteiger partial charge in [-0.3, -0.25) is 4.79 Å². The van der Waals surface area contributed by atoms with Crippen molar-refractivity contribution in [1.29, 1.82) is 0 Å². The molecule has 2 aromatic carbocycles. The molecule has 1 aliphatic rings. The molecule has 3 nitrogen and oxygen atoms in total. The SMILES string of the molecule is Cc1ccc2c(c1)C(Nc1cc(F)ccc1F)C(=O)N2. The molecule has 2 aromatic rings. The highest BCUT2D eigenvalue weighted by molar-refractivity contribution is 6.04. The number of anilines is 2. The number of rotatable bonds is 2. The van der Waals surface area contributed by atoms with E-state index in [9.17, 15) is 13.6 Å². The number of hydrogen-bond donors (Lipinski definition) is 2. The van der Waals surface area contributed by atoms with Crippen molar-refractivity contribution in [3.05, 3.63) is 59.2 Å². The van der Waals surface area contributed by atoms with Crippen LogP contribution in [0.2, 0.25) is 0 Å². The number of hydrogen-bond acceptors (Lipinski definition) is 2. The molecule has 102 valence electrons. The van der Waals surface area contributed by atoms with E-state index in [0.29, 0.717) is 5.69 Å². The summed E-state index contributed by atoms with van der Waals surface area (Å²) in [7, 11) is 0.